The molecule has 5 nitrogen and oxygen atoms in total. The van der Waals surface area contributed by atoms with E-state index in [1.54, 1.807) is 0 Å². The zero-order chi connectivity index (χ0) is 12.1. The number of aromatic amines is 2. The second-order valence-corrected chi connectivity index (χ2v) is 5.70. The fraction of sp³-hybridized carbons (Fsp3) is 0.615. The minimum atomic E-state index is 0.611. The molecule has 2 aromatic heterocycles. The van der Waals surface area contributed by atoms with E-state index in [9.17, 15) is 0 Å². The average molecular weight is 243 g/mol. The molecule has 5 heteroatoms. The Labute approximate surface area is 105 Å². The summed E-state index contributed by atoms with van der Waals surface area (Å²) in [6, 6.07) is 0. The number of fused-ring (bicyclic) bond motifs is 1. The lowest BCUT2D eigenvalue weighted by molar-refractivity contribution is 0.498. The quantitative estimate of drug-likeness (QED) is 0.849. The summed E-state index contributed by atoms with van der Waals surface area (Å²) in [5.74, 6) is 3.14. The maximum Gasteiger partial charge on any atom is 0.201 e. The van der Waals surface area contributed by atoms with E-state index in [2.05, 4.69) is 32.3 Å². The minimum Gasteiger partial charge on any atom is -0.282 e. The van der Waals surface area contributed by atoms with Crippen LogP contribution < -0.4 is 0 Å². The van der Waals surface area contributed by atoms with Gasteiger partial charge < -0.3 is 0 Å². The molecule has 2 heterocycles. The van der Waals surface area contributed by atoms with Gasteiger partial charge in [-0.3, -0.25) is 10.2 Å². The van der Waals surface area contributed by atoms with Gasteiger partial charge in [0.2, 0.25) is 5.82 Å². The summed E-state index contributed by atoms with van der Waals surface area (Å²) in [5.41, 5.74) is 3.57. The van der Waals surface area contributed by atoms with Crippen LogP contribution >= 0.6 is 0 Å². The number of rotatable bonds is 2. The molecule has 1 atom stereocenters. The van der Waals surface area contributed by atoms with Crippen LogP contribution in [0.4, 0.5) is 0 Å². The topological polar surface area (TPSA) is 70.2 Å². The number of hydrogen-bond donors (Lipinski definition) is 2. The Morgan fingerprint density at radius 2 is 2.00 bits per heavy atom. The van der Waals surface area contributed by atoms with Crippen LogP contribution in [0.1, 0.15) is 49.2 Å². The van der Waals surface area contributed by atoms with Crippen LogP contribution in [0.3, 0.4) is 0 Å². The summed E-state index contributed by atoms with van der Waals surface area (Å²) in [4.78, 5) is 4.60. The molecule has 1 fully saturated rings. The third-order valence-corrected chi connectivity index (χ3v) is 4.07. The van der Waals surface area contributed by atoms with Gasteiger partial charge in [0.25, 0.3) is 0 Å². The molecule has 2 aliphatic carbocycles. The van der Waals surface area contributed by atoms with Gasteiger partial charge >= 0.3 is 0 Å². The van der Waals surface area contributed by atoms with E-state index >= 15 is 0 Å². The third-order valence-electron chi connectivity index (χ3n) is 4.07. The monoisotopic (exact) mass is 243 g/mol. The van der Waals surface area contributed by atoms with Gasteiger partial charge in [0.15, 0.2) is 0 Å². The number of nitrogens with one attached hydrogen (secondary N) is 2. The maximum absolute atomic E-state index is 4.60. The van der Waals surface area contributed by atoms with Gasteiger partial charge in [0, 0.05) is 17.2 Å². The number of hydrogen-bond acceptors (Lipinski definition) is 3. The smallest absolute Gasteiger partial charge is 0.201 e. The van der Waals surface area contributed by atoms with Crippen molar-refractivity contribution in [2.24, 2.45) is 5.92 Å². The van der Waals surface area contributed by atoms with E-state index in [-0.39, 0.29) is 0 Å². The first-order valence-electron chi connectivity index (χ1n) is 6.80. The van der Waals surface area contributed by atoms with Crippen molar-refractivity contribution < 1.29 is 0 Å². The molecular formula is C13H17N5. The van der Waals surface area contributed by atoms with Gasteiger partial charge in [0.1, 0.15) is 11.5 Å². The van der Waals surface area contributed by atoms with Gasteiger partial charge in [-0.2, -0.15) is 10.2 Å². The van der Waals surface area contributed by atoms with Crippen LogP contribution in [0.15, 0.2) is 0 Å². The molecule has 0 radical (unpaired) electrons. The lowest BCUT2D eigenvalue weighted by Gasteiger charge is -2.17. The highest BCUT2D eigenvalue weighted by Gasteiger charge is 2.29. The molecule has 0 saturated heterocycles. The Kier molecular flexibility index (Phi) is 2.10. The first-order chi connectivity index (χ1) is 8.81. The Morgan fingerprint density at radius 1 is 1.11 bits per heavy atom. The van der Waals surface area contributed by atoms with Crippen LogP contribution in [0.2, 0.25) is 0 Å². The molecule has 1 saturated carbocycles. The van der Waals surface area contributed by atoms with Crippen LogP contribution in [-0.2, 0) is 12.8 Å². The molecule has 0 aliphatic heterocycles. The summed E-state index contributed by atoms with van der Waals surface area (Å²) in [6.45, 7) is 2.30. The van der Waals surface area contributed by atoms with Crippen molar-refractivity contribution in [2.45, 2.75) is 44.9 Å². The summed E-state index contributed by atoms with van der Waals surface area (Å²) in [7, 11) is 0. The van der Waals surface area contributed by atoms with Gasteiger partial charge in [0.05, 0.1) is 0 Å². The van der Waals surface area contributed by atoms with E-state index in [4.69, 9.17) is 0 Å². The molecule has 18 heavy (non-hydrogen) atoms. The highest BCUT2D eigenvalue weighted by atomic mass is 15.2. The molecule has 4 rings (SSSR count). The molecule has 2 N–H and O–H groups in total. The van der Waals surface area contributed by atoms with Crippen molar-refractivity contribution in [2.75, 3.05) is 0 Å². The maximum atomic E-state index is 4.60. The molecule has 0 bridgehead atoms. The Morgan fingerprint density at radius 3 is 2.83 bits per heavy atom. The highest BCUT2D eigenvalue weighted by molar-refractivity contribution is 5.56. The lowest BCUT2D eigenvalue weighted by Crippen LogP contribution is -2.10. The molecule has 1 unspecified atom stereocenters. The number of aromatic nitrogens is 5. The second kappa shape index (κ2) is 3.67. The largest absolute Gasteiger partial charge is 0.282 e. The van der Waals surface area contributed by atoms with E-state index in [0.717, 1.165) is 36.1 Å². The van der Waals surface area contributed by atoms with Crippen LogP contribution in [0, 0.1) is 5.92 Å². The summed E-state index contributed by atoms with van der Waals surface area (Å²) in [5, 5.41) is 15.0. The van der Waals surface area contributed by atoms with Crippen molar-refractivity contribution in [3.05, 3.63) is 17.1 Å². The lowest BCUT2D eigenvalue weighted by atomic mass is 9.88. The second-order valence-electron chi connectivity index (χ2n) is 5.70. The highest BCUT2D eigenvalue weighted by Crippen LogP contribution is 2.39. The molecule has 0 amide bonds. The number of nitrogens with zero attached hydrogens (tertiary/aromatic N) is 3. The summed E-state index contributed by atoms with van der Waals surface area (Å²) >= 11 is 0. The van der Waals surface area contributed by atoms with Gasteiger partial charge in [-0.1, -0.05) is 6.92 Å². The van der Waals surface area contributed by atoms with Crippen molar-refractivity contribution in [3.8, 4) is 11.5 Å². The predicted octanol–water partition coefficient (Wildman–Crippen LogP) is 2.20. The zero-order valence-electron chi connectivity index (χ0n) is 10.5. The van der Waals surface area contributed by atoms with Crippen LogP contribution in [0.5, 0.6) is 0 Å². The summed E-state index contributed by atoms with van der Waals surface area (Å²) in [6.07, 6.45) is 5.92. The molecule has 0 spiro atoms. The van der Waals surface area contributed by atoms with Gasteiger partial charge in [-0.15, -0.1) is 0 Å². The van der Waals surface area contributed by atoms with E-state index in [1.807, 2.05) is 0 Å². The van der Waals surface area contributed by atoms with Crippen molar-refractivity contribution in [1.29, 1.82) is 0 Å². The standard InChI is InChI=1S/C13H17N5/c1-7-2-5-10-9(6-7)11(16-15-10)13-14-12(17-18-13)8-3-4-8/h7-8H,2-6H2,1H3,(H,15,16)(H,14,17,18). The van der Waals surface area contributed by atoms with Gasteiger partial charge in [-0.05, 0) is 38.0 Å². The minimum absolute atomic E-state index is 0.611. The predicted molar refractivity (Wildman–Crippen MR) is 67.1 cm³/mol. The Bertz CT molecular complexity index is 578. The molecule has 2 aromatic rings. The molecule has 2 aliphatic rings. The van der Waals surface area contributed by atoms with E-state index in [1.165, 1.54) is 30.5 Å². The average Bonchev–Trinajstić information content (AvgIpc) is 2.96. The van der Waals surface area contributed by atoms with Crippen molar-refractivity contribution >= 4 is 0 Å². The summed E-state index contributed by atoms with van der Waals surface area (Å²) < 4.78 is 0. The Hall–Kier alpha value is -1.65. The first kappa shape index (κ1) is 10.3. The Balaban J connectivity index is 1.72. The van der Waals surface area contributed by atoms with E-state index in [0.29, 0.717) is 5.92 Å². The third kappa shape index (κ3) is 1.57. The van der Waals surface area contributed by atoms with Crippen LogP contribution in [0.25, 0.3) is 11.5 Å². The molecular weight excluding hydrogens is 226 g/mol. The van der Waals surface area contributed by atoms with Crippen molar-refractivity contribution in [3.63, 3.8) is 0 Å². The fourth-order valence-electron chi connectivity index (χ4n) is 2.77. The molecule has 94 valence electrons. The number of H-pyrrole nitrogens is 2. The van der Waals surface area contributed by atoms with Crippen molar-refractivity contribution in [1.82, 2.24) is 25.4 Å². The first-order valence-corrected chi connectivity index (χ1v) is 6.80. The number of aryl methyl sites for hydroxylation is 1. The normalized spacial score (nSPS) is 23.1. The van der Waals surface area contributed by atoms with Crippen LogP contribution in [-0.4, -0.2) is 25.4 Å². The fourth-order valence-corrected chi connectivity index (χ4v) is 2.77. The molecule has 0 aromatic carbocycles. The van der Waals surface area contributed by atoms with E-state index < -0.39 is 0 Å². The SMILES string of the molecule is CC1CCc2[nH]nc(-c3n[nH]c(C4CC4)n3)c2C1. The zero-order valence-corrected chi connectivity index (χ0v) is 10.5. The van der Waals surface area contributed by atoms with Gasteiger partial charge in [-0.25, -0.2) is 4.98 Å².